The summed E-state index contributed by atoms with van der Waals surface area (Å²) in [6, 6.07) is 2.29. The molecule has 0 bridgehead atoms. The van der Waals surface area contributed by atoms with Crippen LogP contribution in [0.25, 0.3) is 0 Å². The number of rotatable bonds is 10. The standard InChI is InChI=1S/C17H18N6O9S4/c24-9(4-11(25)26)23(10-2-1-3-33-10)12-13(27)21-5-17(15(28)29,6-34-14(12)21)7-35-16-18-19-20-22(16)8-36(30,31)32/h1-3,12,14H,4-8H2,(H,25,26)(H,28,29)(H,30,31,32)/t12?,14-,17?/m1/s1. The highest BCUT2D eigenvalue weighted by molar-refractivity contribution is 8.00. The fraction of sp³-hybridized carbons (Fsp3) is 0.471. The van der Waals surface area contributed by atoms with Crippen molar-refractivity contribution in [2.45, 2.75) is 28.9 Å². The van der Waals surface area contributed by atoms with E-state index in [-0.39, 0.29) is 23.2 Å². The van der Waals surface area contributed by atoms with Crippen LogP contribution in [0.2, 0.25) is 0 Å². The number of nitrogens with zero attached hydrogens (tertiary/aromatic N) is 6. The number of β-lactam (4-membered cyclic amide) rings is 1. The molecule has 2 fully saturated rings. The molecule has 194 valence electrons. The first-order valence-corrected chi connectivity index (χ1v) is 14.5. The zero-order valence-corrected chi connectivity index (χ0v) is 21.3. The lowest BCUT2D eigenvalue weighted by atomic mass is 9.89. The predicted octanol–water partition coefficient (Wildman–Crippen LogP) is -0.465. The van der Waals surface area contributed by atoms with Crippen molar-refractivity contribution < 1.29 is 42.4 Å². The van der Waals surface area contributed by atoms with Gasteiger partial charge in [0, 0.05) is 18.1 Å². The maximum absolute atomic E-state index is 13.1. The minimum absolute atomic E-state index is 0.0312. The number of carboxylic acid groups (broad SMARTS) is 2. The Morgan fingerprint density at radius 2 is 2.06 bits per heavy atom. The van der Waals surface area contributed by atoms with Crippen molar-refractivity contribution in [2.24, 2.45) is 5.41 Å². The van der Waals surface area contributed by atoms with Crippen molar-refractivity contribution in [3.8, 4) is 0 Å². The number of fused-ring (bicyclic) bond motifs is 1. The van der Waals surface area contributed by atoms with E-state index < -0.39 is 63.0 Å². The molecule has 0 aromatic carbocycles. The van der Waals surface area contributed by atoms with Crippen molar-refractivity contribution in [3.05, 3.63) is 17.5 Å². The van der Waals surface area contributed by atoms with Crippen LogP contribution in [0.3, 0.4) is 0 Å². The first kappa shape index (κ1) is 26.3. The van der Waals surface area contributed by atoms with Gasteiger partial charge in [0.1, 0.15) is 23.3 Å². The van der Waals surface area contributed by atoms with E-state index in [1.54, 1.807) is 17.5 Å². The number of hydrogen-bond acceptors (Lipinski definition) is 12. The predicted molar refractivity (Wildman–Crippen MR) is 126 cm³/mol. The zero-order valence-electron chi connectivity index (χ0n) is 18.0. The van der Waals surface area contributed by atoms with Crippen LogP contribution in [0.1, 0.15) is 6.42 Å². The van der Waals surface area contributed by atoms with Gasteiger partial charge in [-0.2, -0.15) is 8.42 Å². The lowest BCUT2D eigenvalue weighted by Gasteiger charge is -2.56. The van der Waals surface area contributed by atoms with Crippen LogP contribution in [0.15, 0.2) is 22.7 Å². The van der Waals surface area contributed by atoms with Gasteiger partial charge in [0.25, 0.3) is 10.1 Å². The summed E-state index contributed by atoms with van der Waals surface area (Å²) in [5, 5.41) is 31.1. The van der Waals surface area contributed by atoms with Crippen molar-refractivity contribution >= 4 is 73.7 Å². The lowest BCUT2D eigenvalue weighted by molar-refractivity contribution is -0.156. The number of carboxylic acids is 2. The molecule has 2 saturated heterocycles. The molecule has 2 aliphatic heterocycles. The molecular formula is C17H18N6O9S4. The molecule has 2 amide bonds. The molecule has 15 nitrogen and oxygen atoms in total. The molecule has 0 radical (unpaired) electrons. The van der Waals surface area contributed by atoms with Gasteiger partial charge < -0.3 is 15.1 Å². The third kappa shape index (κ3) is 5.19. The summed E-state index contributed by atoms with van der Waals surface area (Å²) in [4.78, 5) is 51.7. The largest absolute Gasteiger partial charge is 0.481 e. The van der Waals surface area contributed by atoms with Gasteiger partial charge in [-0.15, -0.1) is 28.2 Å². The Balaban J connectivity index is 1.51. The van der Waals surface area contributed by atoms with Gasteiger partial charge in [-0.25, -0.2) is 4.68 Å². The molecule has 4 heterocycles. The Kier molecular flexibility index (Phi) is 7.28. The average molecular weight is 579 g/mol. The highest BCUT2D eigenvalue weighted by Gasteiger charge is 2.60. The molecule has 3 N–H and O–H groups in total. The van der Waals surface area contributed by atoms with E-state index in [1.807, 2.05) is 0 Å². The van der Waals surface area contributed by atoms with E-state index in [4.69, 9.17) is 9.66 Å². The van der Waals surface area contributed by atoms with Gasteiger partial charge in [0.05, 0.1) is 5.00 Å². The third-order valence-electron chi connectivity index (χ3n) is 5.43. The minimum Gasteiger partial charge on any atom is -0.481 e. The molecule has 0 saturated carbocycles. The number of aromatic nitrogens is 4. The number of carbonyl (C=O) groups excluding carboxylic acids is 2. The summed E-state index contributed by atoms with van der Waals surface area (Å²) in [5.74, 6) is -4.76. The monoisotopic (exact) mass is 578 g/mol. The summed E-state index contributed by atoms with van der Waals surface area (Å²) < 4.78 is 32.2. The van der Waals surface area contributed by atoms with E-state index in [1.165, 1.54) is 21.1 Å². The van der Waals surface area contributed by atoms with Crippen LogP contribution in [0.5, 0.6) is 0 Å². The Labute approximate surface area is 215 Å². The molecule has 19 heteroatoms. The molecule has 36 heavy (non-hydrogen) atoms. The minimum atomic E-state index is -4.44. The quantitative estimate of drug-likeness (QED) is 0.141. The number of amides is 2. The molecule has 0 aliphatic carbocycles. The summed E-state index contributed by atoms with van der Waals surface area (Å²) in [6.07, 6.45) is -0.799. The first-order chi connectivity index (χ1) is 16.9. The smallest absolute Gasteiger partial charge is 0.313 e. The van der Waals surface area contributed by atoms with Crippen molar-refractivity contribution in [1.82, 2.24) is 25.1 Å². The molecule has 0 spiro atoms. The molecule has 3 atom stereocenters. The van der Waals surface area contributed by atoms with Gasteiger partial charge in [-0.1, -0.05) is 11.8 Å². The van der Waals surface area contributed by atoms with Crippen LogP contribution >= 0.6 is 34.9 Å². The van der Waals surface area contributed by atoms with Crippen LogP contribution in [0.4, 0.5) is 5.00 Å². The number of hydrogen-bond donors (Lipinski definition) is 3. The summed E-state index contributed by atoms with van der Waals surface area (Å²) in [7, 11) is -4.44. The molecule has 2 aromatic rings. The summed E-state index contributed by atoms with van der Waals surface area (Å²) in [5.41, 5.74) is -1.44. The molecular weight excluding hydrogens is 560 g/mol. The van der Waals surface area contributed by atoms with Crippen LogP contribution in [-0.2, 0) is 35.2 Å². The van der Waals surface area contributed by atoms with Gasteiger partial charge in [0.15, 0.2) is 5.88 Å². The van der Waals surface area contributed by atoms with Crippen LogP contribution in [0, 0.1) is 5.41 Å². The third-order valence-corrected chi connectivity index (χ3v) is 9.68. The normalized spacial score (nSPS) is 23.6. The summed E-state index contributed by atoms with van der Waals surface area (Å²) >= 11 is 3.19. The van der Waals surface area contributed by atoms with Crippen LogP contribution < -0.4 is 4.90 Å². The first-order valence-electron chi connectivity index (χ1n) is 9.99. The Morgan fingerprint density at radius 3 is 2.67 bits per heavy atom. The second kappa shape index (κ2) is 9.96. The highest BCUT2D eigenvalue weighted by atomic mass is 32.2. The van der Waals surface area contributed by atoms with Gasteiger partial charge in [0.2, 0.25) is 17.0 Å². The van der Waals surface area contributed by atoms with Crippen molar-refractivity contribution in [1.29, 1.82) is 0 Å². The average Bonchev–Trinajstić information content (AvgIpc) is 3.46. The van der Waals surface area contributed by atoms with Gasteiger partial charge in [-0.3, -0.25) is 28.6 Å². The second-order valence-corrected chi connectivity index (χ2v) is 12.3. The number of thioether (sulfide) groups is 2. The van der Waals surface area contributed by atoms with Crippen molar-refractivity contribution in [3.63, 3.8) is 0 Å². The second-order valence-electron chi connectivity index (χ2n) is 7.94. The molecule has 2 aliphatic rings. The topological polar surface area (TPSA) is 213 Å². The fourth-order valence-electron chi connectivity index (χ4n) is 3.76. The number of aliphatic carboxylic acids is 2. The number of anilines is 1. The van der Waals surface area contributed by atoms with Gasteiger partial charge >= 0.3 is 11.9 Å². The van der Waals surface area contributed by atoms with Crippen molar-refractivity contribution in [2.75, 3.05) is 23.0 Å². The SMILES string of the molecule is O=C(O)CC(=O)N(c1cccs1)C1C(=O)N2CC(CSc3nnnn3CS(=O)(=O)O)(C(=O)O)CS[C@H]12. The number of carbonyl (C=O) groups is 4. The number of thiophene rings is 1. The Hall–Kier alpha value is -2.74. The fourth-order valence-corrected chi connectivity index (χ4v) is 7.89. The Bertz CT molecular complexity index is 1300. The van der Waals surface area contributed by atoms with E-state index in [2.05, 4.69) is 15.5 Å². The van der Waals surface area contributed by atoms with E-state index in [0.717, 1.165) is 28.2 Å². The highest BCUT2D eigenvalue weighted by Crippen LogP contribution is 2.47. The van der Waals surface area contributed by atoms with E-state index in [0.29, 0.717) is 5.00 Å². The van der Waals surface area contributed by atoms with E-state index >= 15 is 0 Å². The lowest BCUT2D eigenvalue weighted by Crippen LogP contribution is -2.74. The van der Waals surface area contributed by atoms with E-state index in [9.17, 15) is 32.7 Å². The number of tetrazole rings is 1. The van der Waals surface area contributed by atoms with Gasteiger partial charge in [-0.05, 0) is 27.9 Å². The zero-order chi connectivity index (χ0) is 26.3. The Morgan fingerprint density at radius 1 is 1.31 bits per heavy atom. The maximum atomic E-state index is 13.1. The molecule has 2 unspecified atom stereocenters. The molecule has 2 aromatic heterocycles. The maximum Gasteiger partial charge on any atom is 0.313 e. The van der Waals surface area contributed by atoms with Crippen LogP contribution in [-0.4, -0.2) is 102 Å². The summed E-state index contributed by atoms with van der Waals surface area (Å²) in [6.45, 7) is -0.187. The molecule has 4 rings (SSSR count).